The van der Waals surface area contributed by atoms with Gasteiger partial charge in [-0.25, -0.2) is 4.39 Å². The molecule has 5 rings (SSSR count). The molecule has 0 bridgehead atoms. The molecule has 1 amide bonds. The largest absolute Gasteiger partial charge is 0.459 e. The highest BCUT2D eigenvalue weighted by Gasteiger charge is 2.42. The van der Waals surface area contributed by atoms with Crippen LogP contribution in [0.3, 0.4) is 0 Å². The number of anilines is 2. The van der Waals surface area contributed by atoms with Crippen molar-refractivity contribution in [1.29, 1.82) is 0 Å². The number of nitrogens with one attached hydrogen (secondary N) is 2. The van der Waals surface area contributed by atoms with Gasteiger partial charge in [-0.15, -0.1) is 0 Å². The molecule has 0 unspecified atom stereocenters. The van der Waals surface area contributed by atoms with Crippen molar-refractivity contribution >= 4 is 50.5 Å². The van der Waals surface area contributed by atoms with Gasteiger partial charge in [-0.05, 0) is 101 Å². The standard InChI is InChI=1S/C28H24BrFN4O2S/c1-3-25(35)32-21-10-8-18(14-16(21)2)34-27(26(33-28(34)37)22-6-4-5-13-31-22)24-12-11-23(36-24)19-9-7-17(30)15-20(19)29/h4-15,26-27H,3H2,1-2H3,(H,32,35)(H,33,37)/t26-,27+/m0/s1. The molecule has 2 aromatic heterocycles. The Hall–Kier alpha value is -3.56. The van der Waals surface area contributed by atoms with Gasteiger partial charge < -0.3 is 20.0 Å². The Kier molecular flexibility index (Phi) is 7.08. The minimum Gasteiger partial charge on any atom is -0.459 e. The van der Waals surface area contributed by atoms with Gasteiger partial charge in [-0.3, -0.25) is 9.78 Å². The van der Waals surface area contributed by atoms with Crippen LogP contribution in [0.4, 0.5) is 15.8 Å². The average molecular weight is 579 g/mol. The molecule has 0 spiro atoms. The van der Waals surface area contributed by atoms with Gasteiger partial charge in [0.25, 0.3) is 0 Å². The first kappa shape index (κ1) is 25.1. The van der Waals surface area contributed by atoms with Crippen LogP contribution < -0.4 is 15.5 Å². The van der Waals surface area contributed by atoms with Crippen LogP contribution in [0.5, 0.6) is 0 Å². The molecule has 2 aromatic carbocycles. The fourth-order valence-electron chi connectivity index (χ4n) is 4.44. The van der Waals surface area contributed by atoms with E-state index in [4.69, 9.17) is 16.6 Å². The van der Waals surface area contributed by atoms with Crippen LogP contribution in [0.15, 0.2) is 81.8 Å². The number of hydrogen-bond donors (Lipinski definition) is 2. The maximum atomic E-state index is 13.7. The highest BCUT2D eigenvalue weighted by molar-refractivity contribution is 9.10. The highest BCUT2D eigenvalue weighted by atomic mass is 79.9. The Bertz CT molecular complexity index is 1480. The van der Waals surface area contributed by atoms with Gasteiger partial charge in [-0.2, -0.15) is 0 Å². The lowest BCUT2D eigenvalue weighted by atomic mass is 10.0. The van der Waals surface area contributed by atoms with Gasteiger partial charge in [0, 0.05) is 34.0 Å². The summed E-state index contributed by atoms with van der Waals surface area (Å²) in [5.41, 5.74) is 4.09. The molecule has 1 saturated heterocycles. The predicted molar refractivity (Wildman–Crippen MR) is 150 cm³/mol. The first-order valence-electron chi connectivity index (χ1n) is 11.8. The minimum atomic E-state index is -0.342. The summed E-state index contributed by atoms with van der Waals surface area (Å²) in [5.74, 6) is 0.906. The van der Waals surface area contributed by atoms with E-state index in [9.17, 15) is 9.18 Å². The molecule has 1 aliphatic rings. The summed E-state index contributed by atoms with van der Waals surface area (Å²) in [5, 5.41) is 6.88. The Balaban J connectivity index is 1.57. The SMILES string of the molecule is CCC(=O)Nc1ccc(N2C(=S)N[C@@H](c3ccccn3)[C@H]2c2ccc(-c3ccc(F)cc3Br)o2)cc1C. The lowest BCUT2D eigenvalue weighted by molar-refractivity contribution is -0.115. The van der Waals surface area contributed by atoms with Crippen molar-refractivity contribution < 1.29 is 13.6 Å². The fraction of sp³-hybridized carbons (Fsp3) is 0.179. The number of amides is 1. The molecule has 37 heavy (non-hydrogen) atoms. The molecule has 0 aliphatic carbocycles. The van der Waals surface area contributed by atoms with E-state index in [0.717, 1.165) is 28.2 Å². The van der Waals surface area contributed by atoms with E-state index in [-0.39, 0.29) is 23.8 Å². The van der Waals surface area contributed by atoms with Crippen LogP contribution in [-0.2, 0) is 4.79 Å². The zero-order chi connectivity index (χ0) is 26.1. The molecule has 0 saturated carbocycles. The quantitative estimate of drug-likeness (QED) is 0.238. The van der Waals surface area contributed by atoms with E-state index in [1.165, 1.54) is 12.1 Å². The molecular weight excluding hydrogens is 555 g/mol. The van der Waals surface area contributed by atoms with Gasteiger partial charge >= 0.3 is 0 Å². The van der Waals surface area contributed by atoms with Crippen molar-refractivity contribution in [2.75, 3.05) is 10.2 Å². The van der Waals surface area contributed by atoms with Crippen LogP contribution in [0.2, 0.25) is 0 Å². The third-order valence-corrected chi connectivity index (χ3v) is 7.27. The molecule has 3 heterocycles. The summed E-state index contributed by atoms with van der Waals surface area (Å²) >= 11 is 9.24. The smallest absolute Gasteiger partial charge is 0.224 e. The Morgan fingerprint density at radius 3 is 2.73 bits per heavy atom. The number of halogens is 2. The predicted octanol–water partition coefficient (Wildman–Crippen LogP) is 7.08. The number of aryl methyl sites for hydroxylation is 1. The van der Waals surface area contributed by atoms with Crippen molar-refractivity contribution in [3.8, 4) is 11.3 Å². The van der Waals surface area contributed by atoms with Crippen molar-refractivity contribution in [3.63, 3.8) is 0 Å². The van der Waals surface area contributed by atoms with E-state index in [1.807, 2.05) is 67.3 Å². The van der Waals surface area contributed by atoms with Crippen LogP contribution in [-0.4, -0.2) is 16.0 Å². The lowest BCUT2D eigenvalue weighted by Crippen LogP contribution is -2.29. The molecule has 188 valence electrons. The number of aromatic nitrogens is 1. The zero-order valence-electron chi connectivity index (χ0n) is 20.2. The monoisotopic (exact) mass is 578 g/mol. The molecule has 9 heteroatoms. The van der Waals surface area contributed by atoms with Crippen molar-refractivity contribution in [2.45, 2.75) is 32.4 Å². The first-order valence-corrected chi connectivity index (χ1v) is 13.0. The van der Waals surface area contributed by atoms with Crippen molar-refractivity contribution in [2.24, 2.45) is 0 Å². The summed E-state index contributed by atoms with van der Waals surface area (Å²) < 4.78 is 20.6. The van der Waals surface area contributed by atoms with Crippen LogP contribution in [0, 0.1) is 12.7 Å². The number of nitrogens with zero attached hydrogens (tertiary/aromatic N) is 2. The van der Waals surface area contributed by atoms with Crippen molar-refractivity contribution in [1.82, 2.24) is 10.3 Å². The third-order valence-electron chi connectivity index (χ3n) is 6.30. The molecule has 6 nitrogen and oxygen atoms in total. The second-order valence-corrected chi connectivity index (χ2v) is 9.96. The summed E-state index contributed by atoms with van der Waals surface area (Å²) in [4.78, 5) is 18.5. The second kappa shape index (κ2) is 10.4. The van der Waals surface area contributed by atoms with E-state index in [1.54, 1.807) is 12.3 Å². The fourth-order valence-corrected chi connectivity index (χ4v) is 5.34. The highest BCUT2D eigenvalue weighted by Crippen LogP contribution is 2.44. The second-order valence-electron chi connectivity index (χ2n) is 8.72. The van der Waals surface area contributed by atoms with E-state index < -0.39 is 0 Å². The molecule has 1 fully saturated rings. The molecule has 2 atom stereocenters. The maximum Gasteiger partial charge on any atom is 0.224 e. The molecule has 1 aliphatic heterocycles. The van der Waals surface area contributed by atoms with Gasteiger partial charge in [0.1, 0.15) is 23.4 Å². The number of thiocarbonyl (C=S) groups is 1. The maximum absolute atomic E-state index is 13.7. The lowest BCUT2D eigenvalue weighted by Gasteiger charge is -2.27. The molecule has 0 radical (unpaired) electrons. The first-order chi connectivity index (χ1) is 17.9. The number of hydrogen-bond acceptors (Lipinski definition) is 4. The van der Waals surface area contributed by atoms with Crippen LogP contribution >= 0.6 is 28.1 Å². The van der Waals surface area contributed by atoms with Gasteiger partial charge in [0.05, 0.1) is 11.7 Å². The zero-order valence-corrected chi connectivity index (χ0v) is 22.6. The molecular formula is C28H24BrFN4O2S. The van der Waals surface area contributed by atoms with Gasteiger partial charge in [0.2, 0.25) is 5.91 Å². The topological polar surface area (TPSA) is 70.4 Å². The molecule has 2 N–H and O–H groups in total. The minimum absolute atomic E-state index is 0.0441. The van der Waals surface area contributed by atoms with Crippen molar-refractivity contribution in [3.05, 3.63) is 100 Å². The van der Waals surface area contributed by atoms with E-state index in [0.29, 0.717) is 27.5 Å². The molecule has 4 aromatic rings. The average Bonchev–Trinajstić information content (AvgIpc) is 3.50. The summed E-state index contributed by atoms with van der Waals surface area (Å²) in [6, 6.07) is 19.2. The van der Waals surface area contributed by atoms with E-state index in [2.05, 4.69) is 31.5 Å². The number of carbonyl (C=O) groups excluding carboxylic acids is 1. The normalized spacial score (nSPS) is 17.1. The van der Waals surface area contributed by atoms with Gasteiger partial charge in [0.15, 0.2) is 5.11 Å². The Labute approximate surface area is 228 Å². The van der Waals surface area contributed by atoms with Gasteiger partial charge in [-0.1, -0.05) is 13.0 Å². The Morgan fingerprint density at radius 2 is 2.03 bits per heavy atom. The summed E-state index contributed by atoms with van der Waals surface area (Å²) in [6.07, 6.45) is 2.15. The summed E-state index contributed by atoms with van der Waals surface area (Å²) in [6.45, 7) is 3.77. The Morgan fingerprint density at radius 1 is 1.19 bits per heavy atom. The number of pyridine rings is 1. The van der Waals surface area contributed by atoms with E-state index >= 15 is 0 Å². The number of benzene rings is 2. The number of furan rings is 1. The van der Waals surface area contributed by atoms with Crippen LogP contribution in [0.25, 0.3) is 11.3 Å². The summed E-state index contributed by atoms with van der Waals surface area (Å²) in [7, 11) is 0. The number of rotatable bonds is 6. The third kappa shape index (κ3) is 5.01. The van der Waals surface area contributed by atoms with Crippen LogP contribution in [0.1, 0.15) is 42.4 Å². The number of carbonyl (C=O) groups is 1.